The van der Waals surface area contributed by atoms with E-state index in [0.29, 0.717) is 6.42 Å². The van der Waals surface area contributed by atoms with Crippen LogP contribution in [0.2, 0.25) is 0 Å². The molecule has 1 aromatic carbocycles. The Morgan fingerprint density at radius 2 is 2.25 bits per heavy atom. The molecule has 0 bridgehead atoms. The molecule has 0 aliphatic heterocycles. The van der Waals surface area contributed by atoms with Crippen LogP contribution in [0.25, 0.3) is 10.9 Å². The zero-order valence-corrected chi connectivity index (χ0v) is 9.47. The van der Waals surface area contributed by atoms with Gasteiger partial charge in [0.05, 0.1) is 5.52 Å². The molecule has 0 saturated carbocycles. The molecule has 2 rings (SSSR count). The first-order valence-electron chi connectivity index (χ1n) is 5.34. The third-order valence-electron chi connectivity index (χ3n) is 2.85. The highest BCUT2D eigenvalue weighted by atomic mass is 16.3. The standard InChI is InChI=1S/C13H15NO2/c1-9(8-15)6-10-7-14(2)11-4-3-5-12(16)13(10)11/h3-5,7-9,16H,6H2,1-2H3. The molecule has 1 heterocycles. The van der Waals surface area contributed by atoms with E-state index in [1.165, 1.54) is 0 Å². The number of phenols is 1. The number of rotatable bonds is 3. The SMILES string of the molecule is CC(C=O)Cc1cn(C)c2cccc(O)c12. The van der Waals surface area contributed by atoms with E-state index >= 15 is 0 Å². The molecule has 3 heteroatoms. The second-order valence-corrected chi connectivity index (χ2v) is 4.25. The number of aryl methyl sites for hydroxylation is 1. The third-order valence-corrected chi connectivity index (χ3v) is 2.85. The van der Waals surface area contributed by atoms with Crippen molar-refractivity contribution < 1.29 is 9.90 Å². The minimum atomic E-state index is -0.0230. The lowest BCUT2D eigenvalue weighted by molar-refractivity contribution is -0.110. The summed E-state index contributed by atoms with van der Waals surface area (Å²) in [7, 11) is 1.94. The van der Waals surface area contributed by atoms with Crippen LogP contribution < -0.4 is 0 Å². The van der Waals surface area contributed by atoms with Crippen molar-refractivity contribution in [2.24, 2.45) is 13.0 Å². The lowest BCUT2D eigenvalue weighted by atomic mass is 10.0. The molecule has 0 spiro atoms. The van der Waals surface area contributed by atoms with E-state index in [9.17, 15) is 9.90 Å². The maximum Gasteiger partial charge on any atom is 0.125 e. The number of aldehydes is 1. The van der Waals surface area contributed by atoms with Crippen LogP contribution in [0.15, 0.2) is 24.4 Å². The largest absolute Gasteiger partial charge is 0.507 e. The highest BCUT2D eigenvalue weighted by molar-refractivity contribution is 5.89. The molecule has 1 aromatic heterocycles. The number of hydrogen-bond acceptors (Lipinski definition) is 2. The Kier molecular flexibility index (Phi) is 2.69. The van der Waals surface area contributed by atoms with Crippen molar-refractivity contribution in [1.29, 1.82) is 0 Å². The molecule has 0 fully saturated rings. The van der Waals surface area contributed by atoms with Gasteiger partial charge in [-0.25, -0.2) is 0 Å². The van der Waals surface area contributed by atoms with Gasteiger partial charge in [-0.2, -0.15) is 0 Å². The molecule has 0 amide bonds. The van der Waals surface area contributed by atoms with Gasteiger partial charge < -0.3 is 14.5 Å². The van der Waals surface area contributed by atoms with Crippen LogP contribution in [0.4, 0.5) is 0 Å². The Balaban J connectivity index is 2.57. The molecule has 0 aliphatic carbocycles. The predicted molar refractivity (Wildman–Crippen MR) is 63.5 cm³/mol. The van der Waals surface area contributed by atoms with Gasteiger partial charge in [-0.1, -0.05) is 13.0 Å². The molecule has 2 aromatic rings. The predicted octanol–water partition coefficient (Wildman–Crippen LogP) is 2.26. The summed E-state index contributed by atoms with van der Waals surface area (Å²) in [5.41, 5.74) is 2.02. The van der Waals surface area contributed by atoms with Gasteiger partial charge in [0.2, 0.25) is 0 Å². The molecule has 1 N–H and O–H groups in total. The Labute approximate surface area is 94.3 Å². The van der Waals surface area contributed by atoms with Crippen LogP contribution in [0.3, 0.4) is 0 Å². The van der Waals surface area contributed by atoms with Crippen molar-refractivity contribution in [1.82, 2.24) is 4.57 Å². The molecular weight excluding hydrogens is 202 g/mol. The van der Waals surface area contributed by atoms with Crippen LogP contribution in [-0.4, -0.2) is 16.0 Å². The van der Waals surface area contributed by atoms with Crippen molar-refractivity contribution in [3.8, 4) is 5.75 Å². The maximum absolute atomic E-state index is 10.7. The molecule has 16 heavy (non-hydrogen) atoms. The fourth-order valence-corrected chi connectivity index (χ4v) is 2.07. The summed E-state index contributed by atoms with van der Waals surface area (Å²) in [5, 5.41) is 10.7. The van der Waals surface area contributed by atoms with Crippen molar-refractivity contribution in [3.63, 3.8) is 0 Å². The Hall–Kier alpha value is -1.77. The van der Waals surface area contributed by atoms with Crippen molar-refractivity contribution >= 4 is 17.2 Å². The van der Waals surface area contributed by atoms with Crippen LogP contribution in [0.1, 0.15) is 12.5 Å². The van der Waals surface area contributed by atoms with Crippen molar-refractivity contribution in [2.45, 2.75) is 13.3 Å². The van der Waals surface area contributed by atoms with Gasteiger partial charge in [0.15, 0.2) is 0 Å². The fourth-order valence-electron chi connectivity index (χ4n) is 2.07. The minimum absolute atomic E-state index is 0.0230. The number of phenolic OH excluding ortho intramolecular Hbond substituents is 1. The summed E-state index contributed by atoms with van der Waals surface area (Å²) in [6, 6.07) is 5.46. The van der Waals surface area contributed by atoms with Crippen LogP contribution in [-0.2, 0) is 18.3 Å². The summed E-state index contributed by atoms with van der Waals surface area (Å²) in [6.07, 6.45) is 3.58. The number of benzene rings is 1. The normalized spacial score (nSPS) is 12.9. The Bertz CT molecular complexity index is 528. The van der Waals surface area contributed by atoms with E-state index < -0.39 is 0 Å². The average Bonchev–Trinajstić information content (AvgIpc) is 2.57. The zero-order valence-electron chi connectivity index (χ0n) is 9.47. The smallest absolute Gasteiger partial charge is 0.125 e. The number of hydrogen-bond donors (Lipinski definition) is 1. The molecule has 0 saturated heterocycles. The third kappa shape index (κ3) is 1.69. The molecular formula is C13H15NO2. The van der Waals surface area contributed by atoms with E-state index in [1.54, 1.807) is 6.07 Å². The van der Waals surface area contributed by atoms with Gasteiger partial charge in [-0.3, -0.25) is 0 Å². The van der Waals surface area contributed by atoms with Crippen LogP contribution >= 0.6 is 0 Å². The van der Waals surface area contributed by atoms with E-state index in [1.807, 2.05) is 36.9 Å². The molecule has 1 unspecified atom stereocenters. The number of aromatic nitrogens is 1. The zero-order chi connectivity index (χ0) is 11.7. The van der Waals surface area contributed by atoms with E-state index in [2.05, 4.69) is 0 Å². The van der Waals surface area contributed by atoms with Gasteiger partial charge in [0.1, 0.15) is 12.0 Å². The summed E-state index contributed by atoms with van der Waals surface area (Å²) in [6.45, 7) is 1.88. The summed E-state index contributed by atoms with van der Waals surface area (Å²) < 4.78 is 1.97. The molecule has 3 nitrogen and oxygen atoms in total. The second-order valence-electron chi connectivity index (χ2n) is 4.25. The second kappa shape index (κ2) is 4.00. The van der Waals surface area contributed by atoms with Gasteiger partial charge in [-0.05, 0) is 24.1 Å². The van der Waals surface area contributed by atoms with Gasteiger partial charge in [-0.15, -0.1) is 0 Å². The molecule has 0 radical (unpaired) electrons. The first-order valence-corrected chi connectivity index (χ1v) is 5.34. The first kappa shape index (κ1) is 10.7. The number of aromatic hydroxyl groups is 1. The average molecular weight is 217 g/mol. The topological polar surface area (TPSA) is 42.2 Å². The molecule has 1 atom stereocenters. The Morgan fingerprint density at radius 1 is 1.50 bits per heavy atom. The lowest BCUT2D eigenvalue weighted by Gasteiger charge is -2.02. The maximum atomic E-state index is 10.7. The summed E-state index contributed by atoms with van der Waals surface area (Å²) >= 11 is 0. The van der Waals surface area contributed by atoms with Gasteiger partial charge in [0.25, 0.3) is 0 Å². The van der Waals surface area contributed by atoms with Crippen LogP contribution in [0, 0.1) is 5.92 Å². The first-order chi connectivity index (χ1) is 7.63. The van der Waals surface area contributed by atoms with Crippen molar-refractivity contribution in [3.05, 3.63) is 30.0 Å². The van der Waals surface area contributed by atoms with Crippen molar-refractivity contribution in [2.75, 3.05) is 0 Å². The molecule has 0 aliphatic rings. The van der Waals surface area contributed by atoms with E-state index in [0.717, 1.165) is 22.8 Å². The number of fused-ring (bicyclic) bond motifs is 1. The highest BCUT2D eigenvalue weighted by Gasteiger charge is 2.12. The summed E-state index contributed by atoms with van der Waals surface area (Å²) in [5.74, 6) is 0.261. The Morgan fingerprint density at radius 3 is 2.94 bits per heavy atom. The van der Waals surface area contributed by atoms with Crippen LogP contribution in [0.5, 0.6) is 5.75 Å². The number of nitrogens with zero attached hydrogens (tertiary/aromatic N) is 1. The van der Waals surface area contributed by atoms with Gasteiger partial charge in [0, 0.05) is 24.5 Å². The van der Waals surface area contributed by atoms with E-state index in [4.69, 9.17) is 0 Å². The quantitative estimate of drug-likeness (QED) is 0.801. The molecule has 84 valence electrons. The lowest BCUT2D eigenvalue weighted by Crippen LogP contribution is -1.99. The number of carbonyl (C=O) groups excluding carboxylic acids is 1. The highest BCUT2D eigenvalue weighted by Crippen LogP contribution is 2.30. The van der Waals surface area contributed by atoms with Gasteiger partial charge >= 0.3 is 0 Å². The monoisotopic (exact) mass is 217 g/mol. The number of carbonyl (C=O) groups is 1. The minimum Gasteiger partial charge on any atom is -0.507 e. The fraction of sp³-hybridized carbons (Fsp3) is 0.308. The summed E-state index contributed by atoms with van der Waals surface area (Å²) in [4.78, 5) is 10.7. The van der Waals surface area contributed by atoms with E-state index in [-0.39, 0.29) is 11.7 Å².